The van der Waals surface area contributed by atoms with Gasteiger partial charge in [0.05, 0.1) is 0 Å². The van der Waals surface area contributed by atoms with Crippen molar-refractivity contribution >= 4 is 29.1 Å². The molecule has 5 heteroatoms. The minimum atomic E-state index is -0.499. The number of hydrogen-bond acceptors (Lipinski definition) is 2. The maximum atomic E-state index is 11.1. The number of amides is 1. The van der Waals surface area contributed by atoms with Crippen LogP contribution in [0.2, 0.25) is 10.0 Å². The third-order valence-electron chi connectivity index (χ3n) is 2.56. The van der Waals surface area contributed by atoms with Crippen molar-refractivity contribution in [2.75, 3.05) is 0 Å². The second-order valence-corrected chi connectivity index (χ2v) is 4.70. The van der Waals surface area contributed by atoms with E-state index in [2.05, 4.69) is 0 Å². The first-order chi connectivity index (χ1) is 9.08. The van der Waals surface area contributed by atoms with Crippen LogP contribution in [0.3, 0.4) is 0 Å². The average Bonchev–Trinajstić information content (AvgIpc) is 2.38. The minimum absolute atomic E-state index is 0.223. The van der Waals surface area contributed by atoms with Crippen molar-refractivity contribution in [2.24, 2.45) is 5.73 Å². The van der Waals surface area contributed by atoms with Crippen LogP contribution in [-0.2, 0) is 6.61 Å². The molecule has 0 spiro atoms. The quantitative estimate of drug-likeness (QED) is 0.935. The van der Waals surface area contributed by atoms with Gasteiger partial charge in [-0.1, -0.05) is 35.3 Å². The summed E-state index contributed by atoms with van der Waals surface area (Å²) in [5.41, 5.74) is 6.30. The van der Waals surface area contributed by atoms with Gasteiger partial charge >= 0.3 is 0 Å². The molecular formula is C14H11Cl2NO2. The molecule has 0 heterocycles. The number of hydrogen-bond donors (Lipinski definition) is 1. The summed E-state index contributed by atoms with van der Waals surface area (Å²) in [6, 6.07) is 11.9. The first kappa shape index (κ1) is 13.7. The van der Waals surface area contributed by atoms with E-state index in [-0.39, 0.29) is 6.61 Å². The molecule has 2 N–H and O–H groups in total. The van der Waals surface area contributed by atoms with Gasteiger partial charge in [-0.25, -0.2) is 0 Å². The molecular weight excluding hydrogens is 285 g/mol. The first-order valence-corrected chi connectivity index (χ1v) is 6.29. The summed E-state index contributed by atoms with van der Waals surface area (Å²) >= 11 is 12.1. The standard InChI is InChI=1S/C14H11Cl2NO2/c15-12-5-2-6-13(16)11(12)8-19-10-4-1-3-9(7-10)14(17)18/h1-7H,8H2,(H2,17,18). The summed E-state index contributed by atoms with van der Waals surface area (Å²) in [7, 11) is 0. The summed E-state index contributed by atoms with van der Waals surface area (Å²) < 4.78 is 5.57. The number of rotatable bonds is 4. The van der Waals surface area contributed by atoms with Gasteiger partial charge in [-0.15, -0.1) is 0 Å². The highest BCUT2D eigenvalue weighted by atomic mass is 35.5. The monoisotopic (exact) mass is 295 g/mol. The van der Waals surface area contributed by atoms with E-state index in [0.717, 1.165) is 0 Å². The molecule has 1 amide bonds. The van der Waals surface area contributed by atoms with Gasteiger partial charge in [-0.2, -0.15) is 0 Å². The van der Waals surface area contributed by atoms with Crippen molar-refractivity contribution in [1.29, 1.82) is 0 Å². The highest BCUT2D eigenvalue weighted by molar-refractivity contribution is 6.35. The third kappa shape index (κ3) is 3.40. The normalized spacial score (nSPS) is 10.2. The number of carbonyl (C=O) groups excluding carboxylic acids is 1. The van der Waals surface area contributed by atoms with Crippen molar-refractivity contribution in [3.63, 3.8) is 0 Å². The Morgan fingerprint density at radius 1 is 1.11 bits per heavy atom. The molecule has 0 fully saturated rings. The molecule has 0 aromatic heterocycles. The maximum Gasteiger partial charge on any atom is 0.248 e. The van der Waals surface area contributed by atoms with Crippen molar-refractivity contribution in [3.8, 4) is 5.75 Å². The number of primary amides is 1. The van der Waals surface area contributed by atoms with Gasteiger partial charge in [-0.3, -0.25) is 4.79 Å². The molecule has 0 aliphatic heterocycles. The second-order valence-electron chi connectivity index (χ2n) is 3.88. The Morgan fingerprint density at radius 2 is 1.74 bits per heavy atom. The Morgan fingerprint density at radius 3 is 2.37 bits per heavy atom. The lowest BCUT2D eigenvalue weighted by molar-refractivity contribution is 0.1000. The van der Waals surface area contributed by atoms with E-state index in [1.54, 1.807) is 42.5 Å². The van der Waals surface area contributed by atoms with E-state index in [1.165, 1.54) is 0 Å². The molecule has 98 valence electrons. The van der Waals surface area contributed by atoms with Crippen LogP contribution >= 0.6 is 23.2 Å². The van der Waals surface area contributed by atoms with E-state index in [4.69, 9.17) is 33.7 Å². The van der Waals surface area contributed by atoms with Gasteiger partial charge in [0.1, 0.15) is 12.4 Å². The SMILES string of the molecule is NC(=O)c1cccc(OCc2c(Cl)cccc2Cl)c1. The highest BCUT2D eigenvalue weighted by Gasteiger charge is 2.07. The van der Waals surface area contributed by atoms with E-state index in [9.17, 15) is 4.79 Å². The molecule has 0 aliphatic rings. The molecule has 2 aromatic rings. The van der Waals surface area contributed by atoms with Gasteiger partial charge in [0, 0.05) is 21.2 Å². The van der Waals surface area contributed by atoms with Gasteiger partial charge < -0.3 is 10.5 Å². The summed E-state index contributed by atoms with van der Waals surface area (Å²) in [6.45, 7) is 0.223. The predicted octanol–water partition coefficient (Wildman–Crippen LogP) is 3.67. The van der Waals surface area contributed by atoms with Crippen LogP contribution in [0.5, 0.6) is 5.75 Å². The zero-order valence-corrected chi connectivity index (χ0v) is 11.4. The van der Waals surface area contributed by atoms with Crippen LogP contribution in [0.15, 0.2) is 42.5 Å². The fourth-order valence-electron chi connectivity index (χ4n) is 1.56. The highest BCUT2D eigenvalue weighted by Crippen LogP contribution is 2.26. The van der Waals surface area contributed by atoms with Gasteiger partial charge in [0.15, 0.2) is 0 Å². The fourth-order valence-corrected chi connectivity index (χ4v) is 2.07. The predicted molar refractivity (Wildman–Crippen MR) is 75.8 cm³/mol. The number of nitrogens with two attached hydrogens (primary N) is 1. The smallest absolute Gasteiger partial charge is 0.248 e. The molecule has 0 aliphatic carbocycles. The summed E-state index contributed by atoms with van der Waals surface area (Å²) in [5.74, 6) is 0.0357. The second kappa shape index (κ2) is 5.95. The molecule has 0 atom stereocenters. The van der Waals surface area contributed by atoms with E-state index in [1.807, 2.05) is 0 Å². The summed E-state index contributed by atoms with van der Waals surface area (Å²) in [4.78, 5) is 11.1. The third-order valence-corrected chi connectivity index (χ3v) is 3.27. The Hall–Kier alpha value is -1.71. The van der Waals surface area contributed by atoms with Crippen LogP contribution < -0.4 is 10.5 Å². The van der Waals surface area contributed by atoms with Crippen molar-refractivity contribution in [3.05, 3.63) is 63.6 Å². The summed E-state index contributed by atoms with van der Waals surface area (Å²) in [5, 5.41) is 1.08. The lowest BCUT2D eigenvalue weighted by Crippen LogP contribution is -2.10. The van der Waals surface area contributed by atoms with Gasteiger partial charge in [0.2, 0.25) is 5.91 Å². The van der Waals surface area contributed by atoms with Gasteiger partial charge in [-0.05, 0) is 30.3 Å². The van der Waals surface area contributed by atoms with Crippen molar-refractivity contribution < 1.29 is 9.53 Å². The minimum Gasteiger partial charge on any atom is -0.489 e. The molecule has 0 radical (unpaired) electrons. The van der Waals surface area contributed by atoms with Crippen LogP contribution in [0.4, 0.5) is 0 Å². The van der Waals surface area contributed by atoms with E-state index < -0.39 is 5.91 Å². The largest absolute Gasteiger partial charge is 0.489 e. The molecule has 19 heavy (non-hydrogen) atoms. The topological polar surface area (TPSA) is 52.3 Å². The Labute approximate surface area is 120 Å². The lowest BCUT2D eigenvalue weighted by atomic mass is 10.2. The van der Waals surface area contributed by atoms with E-state index >= 15 is 0 Å². The van der Waals surface area contributed by atoms with Crippen LogP contribution in [-0.4, -0.2) is 5.91 Å². The average molecular weight is 296 g/mol. The lowest BCUT2D eigenvalue weighted by Gasteiger charge is -2.10. The molecule has 3 nitrogen and oxygen atoms in total. The molecule has 2 rings (SSSR count). The van der Waals surface area contributed by atoms with Crippen LogP contribution in [0.1, 0.15) is 15.9 Å². The zero-order chi connectivity index (χ0) is 13.8. The molecule has 0 saturated carbocycles. The zero-order valence-electron chi connectivity index (χ0n) is 9.90. The number of carbonyl (C=O) groups is 1. The first-order valence-electron chi connectivity index (χ1n) is 5.53. The Balaban J connectivity index is 2.15. The van der Waals surface area contributed by atoms with Gasteiger partial charge in [0.25, 0.3) is 0 Å². The number of benzene rings is 2. The summed E-state index contributed by atoms with van der Waals surface area (Å²) in [6.07, 6.45) is 0. The number of ether oxygens (including phenoxy) is 1. The molecule has 0 saturated heterocycles. The maximum absolute atomic E-state index is 11.1. The fraction of sp³-hybridized carbons (Fsp3) is 0.0714. The van der Waals surface area contributed by atoms with Crippen LogP contribution in [0, 0.1) is 0 Å². The van der Waals surface area contributed by atoms with Crippen molar-refractivity contribution in [2.45, 2.75) is 6.61 Å². The molecule has 0 unspecified atom stereocenters. The Bertz CT molecular complexity index is 594. The Kier molecular flexibility index (Phi) is 4.30. The van der Waals surface area contributed by atoms with Crippen molar-refractivity contribution in [1.82, 2.24) is 0 Å². The van der Waals surface area contributed by atoms with E-state index in [0.29, 0.717) is 26.9 Å². The number of halogens is 2. The molecule has 2 aromatic carbocycles. The molecule has 0 bridgehead atoms. The van der Waals surface area contributed by atoms with Crippen LogP contribution in [0.25, 0.3) is 0 Å².